The van der Waals surface area contributed by atoms with Gasteiger partial charge in [-0.3, -0.25) is 0 Å². The van der Waals surface area contributed by atoms with Crippen molar-refractivity contribution < 1.29 is 0 Å². The summed E-state index contributed by atoms with van der Waals surface area (Å²) in [6.45, 7) is 2.28. The van der Waals surface area contributed by atoms with Crippen LogP contribution in [-0.4, -0.2) is 0 Å². The first-order chi connectivity index (χ1) is 7.43. The topological polar surface area (TPSA) is 0 Å². The molecular weight excluding hydrogens is 180 g/mol. The number of hydrogen-bond acceptors (Lipinski definition) is 0. The Hall–Kier alpha value is -0.520. The van der Waals surface area contributed by atoms with E-state index >= 15 is 0 Å². The summed E-state index contributed by atoms with van der Waals surface area (Å²) < 4.78 is 0. The zero-order valence-electron chi connectivity index (χ0n) is 10.3. The van der Waals surface area contributed by atoms with Crippen LogP contribution in [0.3, 0.4) is 0 Å². The van der Waals surface area contributed by atoms with E-state index in [9.17, 15) is 0 Å². The van der Waals surface area contributed by atoms with Crippen LogP contribution in [0.25, 0.3) is 0 Å². The summed E-state index contributed by atoms with van der Waals surface area (Å²) in [7, 11) is 0. The third-order valence-corrected chi connectivity index (χ3v) is 3.13. The minimum atomic E-state index is 1.20. The largest absolute Gasteiger partial charge is 0.0882 e. The smallest absolute Gasteiger partial charge is 0.0139 e. The third-order valence-electron chi connectivity index (χ3n) is 3.13. The van der Waals surface area contributed by atoms with Gasteiger partial charge >= 0.3 is 0 Å². The van der Waals surface area contributed by atoms with Crippen molar-refractivity contribution in [3.05, 3.63) is 23.8 Å². The Morgan fingerprint density at radius 2 is 1.67 bits per heavy atom. The minimum absolute atomic E-state index is 1.20. The number of rotatable bonds is 2. The number of hydrogen-bond donors (Lipinski definition) is 0. The maximum atomic E-state index is 2.50. The Labute approximate surface area is 95.5 Å². The van der Waals surface area contributed by atoms with Crippen LogP contribution >= 0.6 is 0 Å². The zero-order valence-corrected chi connectivity index (χ0v) is 10.3. The molecule has 0 bridgehead atoms. The molecule has 0 radical (unpaired) electrons. The molecule has 0 unspecified atom stereocenters. The molecule has 0 saturated carbocycles. The average Bonchev–Trinajstić information content (AvgIpc) is 2.22. The second-order valence-electron chi connectivity index (χ2n) is 4.63. The van der Waals surface area contributed by atoms with Gasteiger partial charge in [0.2, 0.25) is 0 Å². The molecule has 0 heterocycles. The van der Waals surface area contributed by atoms with E-state index in [0.29, 0.717) is 0 Å². The highest BCUT2D eigenvalue weighted by Gasteiger charge is 1.96. The van der Waals surface area contributed by atoms with Crippen molar-refractivity contribution in [1.29, 1.82) is 0 Å². The van der Waals surface area contributed by atoms with Gasteiger partial charge in [-0.05, 0) is 38.5 Å². The molecule has 0 aromatic rings. The maximum absolute atomic E-state index is 2.50. The van der Waals surface area contributed by atoms with Crippen molar-refractivity contribution in [2.75, 3.05) is 0 Å². The van der Waals surface area contributed by atoms with Crippen LogP contribution in [0.5, 0.6) is 0 Å². The zero-order chi connectivity index (χ0) is 10.8. The van der Waals surface area contributed by atoms with Gasteiger partial charge in [0.1, 0.15) is 0 Å². The van der Waals surface area contributed by atoms with E-state index in [1.165, 1.54) is 64.2 Å². The quantitative estimate of drug-likeness (QED) is 0.530. The lowest BCUT2D eigenvalue weighted by molar-refractivity contribution is 0.619. The van der Waals surface area contributed by atoms with Crippen molar-refractivity contribution in [3.63, 3.8) is 0 Å². The molecule has 0 aromatic heterocycles. The van der Waals surface area contributed by atoms with Gasteiger partial charge in [0.15, 0.2) is 0 Å². The van der Waals surface area contributed by atoms with Gasteiger partial charge in [-0.2, -0.15) is 0 Å². The lowest BCUT2D eigenvalue weighted by Crippen LogP contribution is -1.85. The summed E-state index contributed by atoms with van der Waals surface area (Å²) in [6.07, 6.45) is 20.7. The molecule has 86 valence electrons. The Balaban J connectivity index is 2.40. The normalized spacial score (nSPS) is 25.8. The monoisotopic (exact) mass is 206 g/mol. The SMILES string of the molecule is CCC/C1=C/CCCCCCC/C=C\C1. The lowest BCUT2D eigenvalue weighted by atomic mass is 10.0. The highest BCUT2D eigenvalue weighted by Crippen LogP contribution is 2.16. The van der Waals surface area contributed by atoms with Crippen LogP contribution in [0.1, 0.15) is 71.1 Å². The highest BCUT2D eigenvalue weighted by atomic mass is 14.0. The molecule has 15 heavy (non-hydrogen) atoms. The molecule has 0 saturated heterocycles. The first-order valence-corrected chi connectivity index (χ1v) is 6.76. The molecule has 0 aliphatic heterocycles. The minimum Gasteiger partial charge on any atom is -0.0882 e. The highest BCUT2D eigenvalue weighted by molar-refractivity contribution is 5.07. The summed E-state index contributed by atoms with van der Waals surface area (Å²) >= 11 is 0. The van der Waals surface area contributed by atoms with E-state index in [0.717, 1.165) is 0 Å². The maximum Gasteiger partial charge on any atom is -0.0139 e. The molecule has 0 aromatic carbocycles. The average molecular weight is 206 g/mol. The van der Waals surface area contributed by atoms with E-state index in [1.807, 2.05) is 0 Å². The van der Waals surface area contributed by atoms with Crippen molar-refractivity contribution in [2.24, 2.45) is 0 Å². The van der Waals surface area contributed by atoms with Crippen molar-refractivity contribution in [3.8, 4) is 0 Å². The molecule has 0 N–H and O–H groups in total. The summed E-state index contributed by atoms with van der Waals surface area (Å²) in [4.78, 5) is 0. The first kappa shape index (κ1) is 12.5. The Kier molecular flexibility index (Phi) is 7.33. The molecule has 0 amide bonds. The second kappa shape index (κ2) is 8.76. The fraction of sp³-hybridized carbons (Fsp3) is 0.733. The van der Waals surface area contributed by atoms with Crippen LogP contribution in [0.4, 0.5) is 0 Å². The molecule has 0 nitrogen and oxygen atoms in total. The molecule has 1 aliphatic rings. The van der Waals surface area contributed by atoms with Crippen LogP contribution in [-0.2, 0) is 0 Å². The van der Waals surface area contributed by atoms with Crippen LogP contribution in [0.15, 0.2) is 23.8 Å². The molecule has 1 rings (SSSR count). The van der Waals surface area contributed by atoms with E-state index in [4.69, 9.17) is 0 Å². The molecule has 0 atom stereocenters. The van der Waals surface area contributed by atoms with Crippen molar-refractivity contribution in [2.45, 2.75) is 71.1 Å². The molecular formula is C15H26. The van der Waals surface area contributed by atoms with Crippen LogP contribution < -0.4 is 0 Å². The standard InChI is InChI=1S/C15H26/c1-2-12-15-13-10-8-6-4-3-5-7-9-11-14-15/h8,10,14H,2-7,9,11-13H2,1H3/b10-8-,15-14-. The van der Waals surface area contributed by atoms with Crippen LogP contribution in [0.2, 0.25) is 0 Å². The Bertz CT molecular complexity index is 198. The van der Waals surface area contributed by atoms with Gasteiger partial charge in [-0.25, -0.2) is 0 Å². The van der Waals surface area contributed by atoms with E-state index in [1.54, 1.807) is 5.57 Å². The fourth-order valence-corrected chi connectivity index (χ4v) is 2.20. The van der Waals surface area contributed by atoms with Crippen molar-refractivity contribution >= 4 is 0 Å². The summed E-state index contributed by atoms with van der Waals surface area (Å²) in [6, 6.07) is 0. The van der Waals surface area contributed by atoms with E-state index in [-0.39, 0.29) is 0 Å². The predicted octanol–water partition coefficient (Wildman–Crippen LogP) is 5.40. The first-order valence-electron chi connectivity index (χ1n) is 6.76. The predicted molar refractivity (Wildman–Crippen MR) is 69.1 cm³/mol. The fourth-order valence-electron chi connectivity index (χ4n) is 2.20. The summed E-state index contributed by atoms with van der Waals surface area (Å²) in [5, 5.41) is 0. The lowest BCUT2D eigenvalue weighted by Gasteiger charge is -2.05. The summed E-state index contributed by atoms with van der Waals surface area (Å²) in [5.41, 5.74) is 1.66. The molecule has 1 aliphatic carbocycles. The van der Waals surface area contributed by atoms with Gasteiger partial charge in [-0.15, -0.1) is 0 Å². The van der Waals surface area contributed by atoms with E-state index in [2.05, 4.69) is 25.2 Å². The van der Waals surface area contributed by atoms with E-state index < -0.39 is 0 Å². The van der Waals surface area contributed by atoms with Gasteiger partial charge in [0, 0.05) is 0 Å². The van der Waals surface area contributed by atoms with Gasteiger partial charge in [-0.1, -0.05) is 56.4 Å². The van der Waals surface area contributed by atoms with Crippen LogP contribution in [0, 0.1) is 0 Å². The molecule has 0 spiro atoms. The Morgan fingerprint density at radius 3 is 2.47 bits per heavy atom. The van der Waals surface area contributed by atoms with Gasteiger partial charge in [0.25, 0.3) is 0 Å². The van der Waals surface area contributed by atoms with Crippen molar-refractivity contribution in [1.82, 2.24) is 0 Å². The molecule has 0 heteroatoms. The van der Waals surface area contributed by atoms with Gasteiger partial charge < -0.3 is 0 Å². The second-order valence-corrected chi connectivity index (χ2v) is 4.63. The molecule has 0 fully saturated rings. The third kappa shape index (κ3) is 6.54. The Morgan fingerprint density at radius 1 is 0.933 bits per heavy atom. The van der Waals surface area contributed by atoms with Gasteiger partial charge in [0.05, 0.1) is 0 Å². The summed E-state index contributed by atoms with van der Waals surface area (Å²) in [5.74, 6) is 0. The number of allylic oxidation sites excluding steroid dienone is 4.